The number of hydrogen-bond acceptors (Lipinski definition) is 4. The maximum atomic E-state index is 13.0. The van der Waals surface area contributed by atoms with Gasteiger partial charge in [-0.25, -0.2) is 4.79 Å². The Morgan fingerprint density at radius 1 is 1.03 bits per heavy atom. The lowest BCUT2D eigenvalue weighted by Gasteiger charge is -2.19. The summed E-state index contributed by atoms with van der Waals surface area (Å²) in [7, 11) is 0. The van der Waals surface area contributed by atoms with Gasteiger partial charge in [-0.2, -0.15) is 0 Å². The Morgan fingerprint density at radius 3 is 2.40 bits per heavy atom. The molecule has 0 N–H and O–H groups in total. The number of carbonyl (C=O) groups is 3. The molecule has 1 heterocycles. The van der Waals surface area contributed by atoms with Crippen molar-refractivity contribution < 1.29 is 19.1 Å². The van der Waals surface area contributed by atoms with Gasteiger partial charge in [0, 0.05) is 4.47 Å². The summed E-state index contributed by atoms with van der Waals surface area (Å²) >= 11 is 3.37. The fourth-order valence-electron chi connectivity index (χ4n) is 5.09. The van der Waals surface area contributed by atoms with E-state index >= 15 is 0 Å². The Hall–Kier alpha value is -2.73. The predicted molar refractivity (Wildman–Crippen MR) is 115 cm³/mol. The summed E-state index contributed by atoms with van der Waals surface area (Å²) in [5.74, 6) is -0.783. The molecule has 0 spiro atoms. The zero-order chi connectivity index (χ0) is 21.0. The van der Waals surface area contributed by atoms with Crippen LogP contribution in [0.3, 0.4) is 0 Å². The van der Waals surface area contributed by atoms with Crippen LogP contribution in [0.2, 0.25) is 0 Å². The maximum Gasteiger partial charge on any atom is 0.338 e. The van der Waals surface area contributed by atoms with Crippen molar-refractivity contribution in [2.24, 2.45) is 23.7 Å². The molecule has 0 radical (unpaired) electrons. The van der Waals surface area contributed by atoms with E-state index in [1.807, 2.05) is 24.3 Å². The summed E-state index contributed by atoms with van der Waals surface area (Å²) in [5.41, 5.74) is 3.02. The summed E-state index contributed by atoms with van der Waals surface area (Å²) in [6.07, 6.45) is 3.07. The standard InChI is InChI=1S/C24H20BrNO4/c1-13-10-16-11-19(13)21-20(16)22(27)26(23(21)28)18-8-4-15(5-9-18)24(29)30-12-14-2-6-17(25)7-3-14/h2-10,16,19-21H,11-12H2,1H3. The molecule has 1 saturated carbocycles. The van der Waals surface area contributed by atoms with Gasteiger partial charge in [-0.1, -0.05) is 39.7 Å². The van der Waals surface area contributed by atoms with Gasteiger partial charge in [0.25, 0.3) is 0 Å². The molecule has 152 valence electrons. The largest absolute Gasteiger partial charge is 0.457 e. The quantitative estimate of drug-likeness (QED) is 0.378. The predicted octanol–water partition coefficient (Wildman–Crippen LogP) is 4.51. The van der Waals surface area contributed by atoms with Crippen LogP contribution in [0.4, 0.5) is 5.69 Å². The normalized spacial score (nSPS) is 26.7. The average Bonchev–Trinajstić information content (AvgIpc) is 3.38. The van der Waals surface area contributed by atoms with Gasteiger partial charge in [-0.15, -0.1) is 0 Å². The van der Waals surface area contributed by atoms with Crippen LogP contribution in [0.25, 0.3) is 0 Å². The van der Waals surface area contributed by atoms with E-state index in [1.165, 1.54) is 10.5 Å². The van der Waals surface area contributed by atoms with Crippen molar-refractivity contribution in [2.45, 2.75) is 20.0 Å². The van der Waals surface area contributed by atoms with E-state index in [9.17, 15) is 14.4 Å². The first kappa shape index (κ1) is 19.2. The molecule has 2 aromatic rings. The first-order chi connectivity index (χ1) is 14.4. The molecule has 4 unspecified atom stereocenters. The van der Waals surface area contributed by atoms with Crippen LogP contribution in [0.5, 0.6) is 0 Å². The number of rotatable bonds is 4. The number of benzene rings is 2. The SMILES string of the molecule is CC1=CC2CC1C1C(=O)N(c3ccc(C(=O)OCc4ccc(Br)cc4)cc3)C(=O)C21. The lowest BCUT2D eigenvalue weighted by atomic mass is 9.82. The summed E-state index contributed by atoms with van der Waals surface area (Å²) in [4.78, 5) is 39.6. The van der Waals surface area contributed by atoms with E-state index in [2.05, 4.69) is 28.9 Å². The molecule has 2 aliphatic carbocycles. The van der Waals surface area contributed by atoms with Gasteiger partial charge in [0.2, 0.25) is 11.8 Å². The molecule has 1 saturated heterocycles. The maximum absolute atomic E-state index is 13.0. The molecule has 4 atom stereocenters. The van der Waals surface area contributed by atoms with Crippen LogP contribution in [0.15, 0.2) is 64.7 Å². The smallest absolute Gasteiger partial charge is 0.338 e. The van der Waals surface area contributed by atoms with E-state index < -0.39 is 5.97 Å². The van der Waals surface area contributed by atoms with Crippen LogP contribution in [-0.2, 0) is 20.9 Å². The fourth-order valence-corrected chi connectivity index (χ4v) is 5.35. The van der Waals surface area contributed by atoms with Crippen molar-refractivity contribution in [1.82, 2.24) is 0 Å². The van der Waals surface area contributed by atoms with E-state index in [0.29, 0.717) is 11.3 Å². The van der Waals surface area contributed by atoms with Gasteiger partial charge in [0.05, 0.1) is 23.1 Å². The number of halogens is 1. The zero-order valence-corrected chi connectivity index (χ0v) is 18.0. The zero-order valence-electron chi connectivity index (χ0n) is 16.4. The molecule has 2 fully saturated rings. The van der Waals surface area contributed by atoms with Crippen LogP contribution in [0, 0.1) is 23.7 Å². The minimum atomic E-state index is -0.446. The minimum absolute atomic E-state index is 0.115. The Labute approximate surface area is 182 Å². The number of esters is 1. The summed E-state index contributed by atoms with van der Waals surface area (Å²) in [5, 5.41) is 0. The first-order valence-electron chi connectivity index (χ1n) is 10.0. The van der Waals surface area contributed by atoms with Crippen molar-refractivity contribution in [3.8, 4) is 0 Å². The van der Waals surface area contributed by atoms with Crippen LogP contribution >= 0.6 is 15.9 Å². The van der Waals surface area contributed by atoms with Crippen molar-refractivity contribution >= 4 is 39.4 Å². The van der Waals surface area contributed by atoms with Gasteiger partial charge in [-0.05, 0) is 67.1 Å². The number of imide groups is 1. The molecule has 2 amide bonds. The second-order valence-corrected chi connectivity index (χ2v) is 9.15. The fraction of sp³-hybridized carbons (Fsp3) is 0.292. The third kappa shape index (κ3) is 3.01. The molecule has 1 aliphatic heterocycles. The third-order valence-electron chi connectivity index (χ3n) is 6.53. The van der Waals surface area contributed by atoms with E-state index in [4.69, 9.17) is 4.74 Å². The molecule has 3 aliphatic rings. The highest BCUT2D eigenvalue weighted by molar-refractivity contribution is 9.10. The minimum Gasteiger partial charge on any atom is -0.457 e. The van der Waals surface area contributed by atoms with Crippen molar-refractivity contribution in [1.29, 1.82) is 0 Å². The topological polar surface area (TPSA) is 63.7 Å². The molecular weight excluding hydrogens is 446 g/mol. The molecule has 0 aromatic heterocycles. The van der Waals surface area contributed by atoms with Crippen molar-refractivity contribution in [3.05, 3.63) is 75.8 Å². The first-order valence-corrected chi connectivity index (χ1v) is 10.8. The van der Waals surface area contributed by atoms with Gasteiger partial charge in [-0.3, -0.25) is 14.5 Å². The van der Waals surface area contributed by atoms with Crippen LogP contribution in [-0.4, -0.2) is 17.8 Å². The van der Waals surface area contributed by atoms with Crippen LogP contribution < -0.4 is 4.90 Å². The van der Waals surface area contributed by atoms with Gasteiger partial charge >= 0.3 is 5.97 Å². The monoisotopic (exact) mass is 465 g/mol. The number of anilines is 1. The summed E-state index contributed by atoms with van der Waals surface area (Å²) in [6.45, 7) is 2.23. The Balaban J connectivity index is 1.28. The molecule has 30 heavy (non-hydrogen) atoms. The molecule has 2 bridgehead atoms. The average molecular weight is 466 g/mol. The molecule has 6 heteroatoms. The molecule has 5 rings (SSSR count). The molecular formula is C24H20BrNO4. The Bertz CT molecular complexity index is 1070. The Morgan fingerprint density at radius 2 is 1.70 bits per heavy atom. The van der Waals surface area contributed by atoms with Crippen LogP contribution in [0.1, 0.15) is 29.3 Å². The van der Waals surface area contributed by atoms with Gasteiger partial charge in [0.1, 0.15) is 6.61 Å². The molecule has 2 aromatic carbocycles. The highest BCUT2D eigenvalue weighted by Crippen LogP contribution is 2.55. The lowest BCUT2D eigenvalue weighted by molar-refractivity contribution is -0.123. The number of nitrogens with zero attached hydrogens (tertiary/aromatic N) is 1. The highest BCUT2D eigenvalue weighted by Gasteiger charge is 2.60. The highest BCUT2D eigenvalue weighted by atomic mass is 79.9. The van der Waals surface area contributed by atoms with Crippen molar-refractivity contribution in [3.63, 3.8) is 0 Å². The number of hydrogen-bond donors (Lipinski definition) is 0. The summed E-state index contributed by atoms with van der Waals surface area (Å²) < 4.78 is 6.32. The molecule has 5 nitrogen and oxygen atoms in total. The second kappa shape index (κ2) is 7.20. The number of fused-ring (bicyclic) bond motifs is 5. The van der Waals surface area contributed by atoms with Gasteiger partial charge < -0.3 is 4.74 Å². The van der Waals surface area contributed by atoms with Gasteiger partial charge in [0.15, 0.2) is 0 Å². The van der Waals surface area contributed by atoms with E-state index in [0.717, 1.165) is 16.5 Å². The number of amides is 2. The second-order valence-electron chi connectivity index (χ2n) is 8.23. The summed E-state index contributed by atoms with van der Waals surface area (Å²) in [6, 6.07) is 14.0. The Kier molecular flexibility index (Phi) is 4.62. The number of allylic oxidation sites excluding steroid dienone is 2. The lowest BCUT2D eigenvalue weighted by Crippen LogP contribution is -2.32. The van der Waals surface area contributed by atoms with E-state index in [1.54, 1.807) is 24.3 Å². The van der Waals surface area contributed by atoms with E-state index in [-0.39, 0.29) is 42.1 Å². The third-order valence-corrected chi connectivity index (χ3v) is 7.05. The number of carbonyl (C=O) groups excluding carboxylic acids is 3. The van der Waals surface area contributed by atoms with Crippen molar-refractivity contribution in [2.75, 3.05) is 4.90 Å². The number of ether oxygens (including phenoxy) is 1.